The molecule has 0 saturated carbocycles. The third-order valence-electron chi connectivity index (χ3n) is 6.10. The number of rotatable bonds is 3. The van der Waals surface area contributed by atoms with Crippen LogP contribution in [0.1, 0.15) is 38.8 Å². The highest BCUT2D eigenvalue weighted by Gasteiger charge is 2.31. The van der Waals surface area contributed by atoms with Crippen LogP contribution in [0.4, 0.5) is 11.4 Å². The van der Waals surface area contributed by atoms with Crippen LogP contribution in [0.15, 0.2) is 72.9 Å². The largest absolute Gasteiger partial charge is 0.366 e. The summed E-state index contributed by atoms with van der Waals surface area (Å²) in [5.41, 5.74) is 10.1. The highest BCUT2D eigenvalue weighted by molar-refractivity contribution is 6.01. The third-order valence-corrected chi connectivity index (χ3v) is 6.10. The maximum absolute atomic E-state index is 4.04. The first-order chi connectivity index (χ1) is 13.3. The van der Waals surface area contributed by atoms with Crippen molar-refractivity contribution in [3.63, 3.8) is 0 Å². The van der Waals surface area contributed by atoms with Gasteiger partial charge in [-0.2, -0.15) is 0 Å². The lowest BCUT2D eigenvalue weighted by molar-refractivity contribution is 0.789. The van der Waals surface area contributed by atoms with Crippen molar-refractivity contribution in [1.29, 1.82) is 0 Å². The zero-order valence-corrected chi connectivity index (χ0v) is 18.1. The van der Waals surface area contributed by atoms with Crippen LogP contribution in [-0.2, 0) is 0 Å². The molecule has 146 valence electrons. The van der Waals surface area contributed by atoms with Crippen molar-refractivity contribution in [2.45, 2.75) is 39.8 Å². The van der Waals surface area contributed by atoms with E-state index in [9.17, 15) is 0 Å². The Labute approximate surface area is 170 Å². The van der Waals surface area contributed by atoms with Gasteiger partial charge in [-0.05, 0) is 50.0 Å². The Kier molecular flexibility index (Phi) is 5.51. The van der Waals surface area contributed by atoms with Crippen LogP contribution in [0.2, 0.25) is 0 Å². The SMILES string of the molecule is C=C/C=C(\C=C)C1=CC(C)N(C)c2c1ccc1c2N(C)C(C)C=C(C)/C1=C\C. The minimum absolute atomic E-state index is 0.289. The summed E-state index contributed by atoms with van der Waals surface area (Å²) in [7, 11) is 4.40. The summed E-state index contributed by atoms with van der Waals surface area (Å²) < 4.78 is 0. The molecule has 0 spiro atoms. The second-order valence-corrected chi connectivity index (χ2v) is 7.76. The van der Waals surface area contributed by atoms with Gasteiger partial charge >= 0.3 is 0 Å². The van der Waals surface area contributed by atoms with Crippen molar-refractivity contribution in [3.8, 4) is 0 Å². The standard InChI is InChI=1S/C26H32N2/c1-9-12-20(10-2)24-16-19(6)28(8)26-23(24)14-13-22-21(11-3)17(4)15-18(5)27(7)25(22)26/h9-16,18-19H,1-2H2,3-8H3/b20-12+,21-11+. The van der Waals surface area contributed by atoms with Crippen molar-refractivity contribution in [2.75, 3.05) is 23.9 Å². The van der Waals surface area contributed by atoms with Crippen molar-refractivity contribution >= 4 is 22.5 Å². The lowest BCUT2D eigenvalue weighted by Gasteiger charge is -2.39. The summed E-state index contributed by atoms with van der Waals surface area (Å²) in [6.07, 6.45) is 12.7. The maximum atomic E-state index is 4.04. The van der Waals surface area contributed by atoms with Crippen LogP contribution in [0.5, 0.6) is 0 Å². The van der Waals surface area contributed by atoms with Gasteiger partial charge < -0.3 is 9.80 Å². The summed E-state index contributed by atoms with van der Waals surface area (Å²) in [4.78, 5) is 4.80. The van der Waals surface area contributed by atoms with Gasteiger partial charge in [-0.3, -0.25) is 0 Å². The molecule has 28 heavy (non-hydrogen) atoms. The molecule has 2 unspecified atom stereocenters. The molecule has 0 fully saturated rings. The van der Waals surface area contributed by atoms with Crippen molar-refractivity contribution < 1.29 is 0 Å². The van der Waals surface area contributed by atoms with E-state index in [-0.39, 0.29) is 6.04 Å². The third kappa shape index (κ3) is 3.07. The summed E-state index contributed by atoms with van der Waals surface area (Å²) in [6, 6.07) is 5.16. The number of likely N-dealkylation sites (N-methyl/N-ethyl adjacent to an activating group) is 2. The number of benzene rings is 1. The zero-order valence-electron chi connectivity index (χ0n) is 18.1. The van der Waals surface area contributed by atoms with Crippen molar-refractivity contribution in [1.82, 2.24) is 0 Å². The molecule has 2 nitrogen and oxygen atoms in total. The van der Waals surface area contributed by atoms with E-state index in [0.29, 0.717) is 6.04 Å². The number of anilines is 2. The Morgan fingerprint density at radius 2 is 1.54 bits per heavy atom. The Morgan fingerprint density at radius 3 is 2.11 bits per heavy atom. The van der Waals surface area contributed by atoms with Gasteiger partial charge in [-0.1, -0.05) is 61.7 Å². The van der Waals surface area contributed by atoms with Gasteiger partial charge in [0.15, 0.2) is 0 Å². The predicted molar refractivity (Wildman–Crippen MR) is 126 cm³/mol. The first kappa shape index (κ1) is 20.0. The molecule has 1 aromatic rings. The van der Waals surface area contributed by atoms with Gasteiger partial charge in [0.2, 0.25) is 0 Å². The van der Waals surface area contributed by atoms with Crippen molar-refractivity contribution in [2.24, 2.45) is 0 Å². The van der Waals surface area contributed by atoms with Crippen LogP contribution in [0.3, 0.4) is 0 Å². The van der Waals surface area contributed by atoms with Crippen LogP contribution < -0.4 is 9.80 Å². The smallest absolute Gasteiger partial charge is 0.0692 e. The van der Waals surface area contributed by atoms with Gasteiger partial charge in [-0.15, -0.1) is 0 Å². The van der Waals surface area contributed by atoms with E-state index < -0.39 is 0 Å². The maximum Gasteiger partial charge on any atom is 0.0692 e. The first-order valence-corrected chi connectivity index (χ1v) is 10.0. The van der Waals surface area contributed by atoms with Gasteiger partial charge in [0.1, 0.15) is 0 Å². The Hall–Kier alpha value is -2.74. The van der Waals surface area contributed by atoms with Crippen molar-refractivity contribution in [3.05, 3.63) is 84.0 Å². The molecular formula is C26H32N2. The average Bonchev–Trinajstić information content (AvgIpc) is 2.77. The van der Waals surface area contributed by atoms with E-state index in [1.165, 1.54) is 39.2 Å². The molecule has 2 heteroatoms. The lowest BCUT2D eigenvalue weighted by atomic mass is 9.86. The summed E-state index contributed by atoms with van der Waals surface area (Å²) in [5, 5.41) is 0. The van der Waals surface area contributed by atoms with Crippen LogP contribution in [0.25, 0.3) is 11.1 Å². The van der Waals surface area contributed by atoms with E-state index in [1.54, 1.807) is 0 Å². The van der Waals surface area contributed by atoms with Gasteiger partial charge in [0, 0.05) is 37.3 Å². The van der Waals surface area contributed by atoms with E-state index in [0.717, 1.165) is 5.57 Å². The molecule has 2 heterocycles. The molecule has 0 amide bonds. The molecule has 0 saturated heterocycles. The molecule has 1 aromatic carbocycles. The van der Waals surface area contributed by atoms with Gasteiger partial charge in [0.05, 0.1) is 11.4 Å². The van der Waals surface area contributed by atoms with Gasteiger partial charge in [0.25, 0.3) is 0 Å². The summed E-state index contributed by atoms with van der Waals surface area (Å²) >= 11 is 0. The van der Waals surface area contributed by atoms with Crippen LogP contribution >= 0.6 is 0 Å². The molecule has 3 rings (SSSR count). The Morgan fingerprint density at radius 1 is 0.964 bits per heavy atom. The minimum atomic E-state index is 0.289. The van der Waals surface area contributed by atoms with E-state index in [2.05, 4.69) is 95.1 Å². The molecule has 2 aliphatic rings. The van der Waals surface area contributed by atoms with E-state index in [1.807, 2.05) is 18.2 Å². The quantitative estimate of drug-likeness (QED) is 0.567. The van der Waals surface area contributed by atoms with E-state index in [4.69, 9.17) is 0 Å². The number of nitrogens with zero attached hydrogens (tertiary/aromatic N) is 2. The molecule has 2 aliphatic heterocycles. The molecular weight excluding hydrogens is 340 g/mol. The predicted octanol–water partition coefficient (Wildman–Crippen LogP) is 6.39. The van der Waals surface area contributed by atoms with E-state index >= 15 is 0 Å². The molecule has 0 aliphatic carbocycles. The number of allylic oxidation sites excluding steroid dienone is 8. The minimum Gasteiger partial charge on any atom is -0.366 e. The summed E-state index contributed by atoms with van der Waals surface area (Å²) in [6.45, 7) is 16.8. The fourth-order valence-corrected chi connectivity index (χ4v) is 4.38. The molecule has 2 atom stereocenters. The molecule has 0 N–H and O–H groups in total. The summed E-state index contributed by atoms with van der Waals surface area (Å²) in [5.74, 6) is 0. The second kappa shape index (κ2) is 7.71. The molecule has 0 aromatic heterocycles. The zero-order chi connectivity index (χ0) is 20.6. The first-order valence-electron chi connectivity index (χ1n) is 10.0. The lowest BCUT2D eigenvalue weighted by Crippen LogP contribution is -2.35. The Bertz CT molecular complexity index is 939. The second-order valence-electron chi connectivity index (χ2n) is 7.76. The van der Waals surface area contributed by atoms with Crippen LogP contribution in [-0.4, -0.2) is 26.2 Å². The Balaban J connectivity index is 2.37. The fraction of sp³-hybridized carbons (Fsp3) is 0.308. The normalized spacial score (nSPS) is 23.5. The van der Waals surface area contributed by atoms with Gasteiger partial charge in [-0.25, -0.2) is 0 Å². The molecule has 0 bridgehead atoms. The fourth-order valence-electron chi connectivity index (χ4n) is 4.38. The highest BCUT2D eigenvalue weighted by atomic mass is 15.2. The highest BCUT2D eigenvalue weighted by Crippen LogP contribution is 2.48. The topological polar surface area (TPSA) is 6.48 Å². The number of fused-ring (bicyclic) bond motifs is 3. The molecule has 0 radical (unpaired) electrons. The average molecular weight is 373 g/mol. The van der Waals surface area contributed by atoms with Crippen LogP contribution in [0, 0.1) is 0 Å². The monoisotopic (exact) mass is 372 g/mol. The number of hydrogen-bond donors (Lipinski definition) is 0. The number of hydrogen-bond acceptors (Lipinski definition) is 2.